The van der Waals surface area contributed by atoms with E-state index in [1.807, 2.05) is 10.6 Å². The Bertz CT molecular complexity index is 1090. The SMILES string of the molecule is COC(=O)N1CCc2nc3c(N4CCOCC4)nc(-c4cnc(N)nc4)cn3c2C1. The Morgan fingerprint density at radius 2 is 1.93 bits per heavy atom. The molecular formula is C19H22N8O3. The van der Waals surface area contributed by atoms with Crippen LogP contribution in [-0.2, 0) is 22.4 Å². The number of nitrogen functional groups attached to an aromatic ring is 1. The standard InChI is InChI=1S/C19H22N8O3/c1-29-19(28)26-3-2-13-15(11-26)27-10-14(12-8-21-18(20)22-9-12)24-16(17(27)23-13)25-4-6-30-7-5-25/h8-10H,2-7,11H2,1H3,(H2,20,21,22). The molecule has 0 aromatic carbocycles. The average Bonchev–Trinajstić information content (AvgIpc) is 3.17. The van der Waals surface area contributed by atoms with Crippen LogP contribution >= 0.6 is 0 Å². The summed E-state index contributed by atoms with van der Waals surface area (Å²) in [5.74, 6) is 0.994. The summed E-state index contributed by atoms with van der Waals surface area (Å²) in [5, 5.41) is 0. The zero-order valence-electron chi connectivity index (χ0n) is 16.6. The van der Waals surface area contributed by atoms with E-state index in [2.05, 4.69) is 14.9 Å². The fourth-order valence-corrected chi connectivity index (χ4v) is 3.88. The van der Waals surface area contributed by atoms with Crippen LogP contribution in [0.2, 0.25) is 0 Å². The largest absolute Gasteiger partial charge is 0.453 e. The molecule has 3 aromatic rings. The first-order valence-electron chi connectivity index (χ1n) is 9.78. The Balaban J connectivity index is 1.66. The van der Waals surface area contributed by atoms with E-state index >= 15 is 0 Å². The highest BCUT2D eigenvalue weighted by Gasteiger charge is 2.28. The number of imidazole rings is 1. The van der Waals surface area contributed by atoms with Crippen molar-refractivity contribution in [2.75, 3.05) is 50.6 Å². The van der Waals surface area contributed by atoms with Crippen LogP contribution in [0.4, 0.5) is 16.6 Å². The van der Waals surface area contributed by atoms with Gasteiger partial charge in [-0.05, 0) is 0 Å². The molecule has 0 bridgehead atoms. The van der Waals surface area contributed by atoms with Gasteiger partial charge >= 0.3 is 6.09 Å². The van der Waals surface area contributed by atoms with Gasteiger partial charge in [0.2, 0.25) is 5.95 Å². The van der Waals surface area contributed by atoms with Crippen LogP contribution in [0.3, 0.4) is 0 Å². The number of hydrogen-bond donors (Lipinski definition) is 1. The molecule has 2 aliphatic heterocycles. The van der Waals surface area contributed by atoms with Crippen molar-refractivity contribution in [1.82, 2.24) is 29.2 Å². The molecule has 3 aromatic heterocycles. The summed E-state index contributed by atoms with van der Waals surface area (Å²) in [6.07, 6.45) is 5.55. The molecule has 0 spiro atoms. The van der Waals surface area contributed by atoms with Gasteiger partial charge in [0.05, 0.1) is 44.0 Å². The number of anilines is 2. The van der Waals surface area contributed by atoms with Crippen LogP contribution in [0.1, 0.15) is 11.4 Å². The van der Waals surface area contributed by atoms with E-state index in [0.717, 1.165) is 41.5 Å². The highest BCUT2D eigenvalue weighted by Crippen LogP contribution is 2.29. The summed E-state index contributed by atoms with van der Waals surface area (Å²) < 4.78 is 12.4. The number of fused-ring (bicyclic) bond motifs is 3. The smallest absolute Gasteiger partial charge is 0.409 e. The number of nitrogens with two attached hydrogens (primary N) is 1. The van der Waals surface area contributed by atoms with Gasteiger partial charge in [-0.1, -0.05) is 0 Å². The number of carbonyl (C=O) groups excluding carboxylic acids is 1. The van der Waals surface area contributed by atoms with Crippen LogP contribution in [0.25, 0.3) is 16.9 Å². The highest BCUT2D eigenvalue weighted by molar-refractivity contribution is 5.72. The molecule has 0 radical (unpaired) electrons. The minimum atomic E-state index is -0.342. The minimum Gasteiger partial charge on any atom is -0.453 e. The van der Waals surface area contributed by atoms with Gasteiger partial charge in [0.15, 0.2) is 11.5 Å². The van der Waals surface area contributed by atoms with E-state index in [1.54, 1.807) is 17.3 Å². The van der Waals surface area contributed by atoms with Crippen LogP contribution in [0.15, 0.2) is 18.6 Å². The molecule has 30 heavy (non-hydrogen) atoms. The maximum Gasteiger partial charge on any atom is 0.409 e. The van der Waals surface area contributed by atoms with Gasteiger partial charge in [-0.3, -0.25) is 4.40 Å². The third-order valence-corrected chi connectivity index (χ3v) is 5.44. The summed E-state index contributed by atoms with van der Waals surface area (Å²) >= 11 is 0. The lowest BCUT2D eigenvalue weighted by Crippen LogP contribution is -2.37. The maximum atomic E-state index is 12.1. The Kier molecular flexibility index (Phi) is 4.58. The number of ether oxygens (including phenoxy) is 2. The highest BCUT2D eigenvalue weighted by atomic mass is 16.5. The summed E-state index contributed by atoms with van der Waals surface area (Å²) in [6, 6.07) is 0. The third-order valence-electron chi connectivity index (χ3n) is 5.44. The normalized spacial score (nSPS) is 16.6. The Morgan fingerprint density at radius 3 is 2.67 bits per heavy atom. The predicted octanol–water partition coefficient (Wildman–Crippen LogP) is 0.730. The molecule has 1 amide bonds. The molecule has 1 saturated heterocycles. The predicted molar refractivity (Wildman–Crippen MR) is 108 cm³/mol. The second-order valence-electron chi connectivity index (χ2n) is 7.22. The molecule has 0 saturated carbocycles. The first-order chi connectivity index (χ1) is 14.6. The van der Waals surface area contributed by atoms with Gasteiger partial charge in [0, 0.05) is 50.2 Å². The number of hydrogen-bond acceptors (Lipinski definition) is 9. The topological polar surface area (TPSA) is 124 Å². The van der Waals surface area contributed by atoms with E-state index < -0.39 is 0 Å². The summed E-state index contributed by atoms with van der Waals surface area (Å²) in [6.45, 7) is 3.74. The second-order valence-corrected chi connectivity index (χ2v) is 7.22. The molecule has 0 unspecified atom stereocenters. The first kappa shape index (κ1) is 18.6. The van der Waals surface area contributed by atoms with Gasteiger partial charge < -0.3 is 25.0 Å². The fourth-order valence-electron chi connectivity index (χ4n) is 3.88. The molecule has 156 valence electrons. The Hall–Kier alpha value is -3.47. The molecule has 11 heteroatoms. The van der Waals surface area contributed by atoms with Gasteiger partial charge in [-0.2, -0.15) is 0 Å². The van der Waals surface area contributed by atoms with E-state index in [1.165, 1.54) is 7.11 Å². The van der Waals surface area contributed by atoms with Crippen molar-refractivity contribution in [2.24, 2.45) is 0 Å². The van der Waals surface area contributed by atoms with Crippen molar-refractivity contribution in [3.8, 4) is 11.3 Å². The Morgan fingerprint density at radius 1 is 1.17 bits per heavy atom. The van der Waals surface area contributed by atoms with Crippen molar-refractivity contribution in [2.45, 2.75) is 13.0 Å². The monoisotopic (exact) mass is 410 g/mol. The summed E-state index contributed by atoms with van der Waals surface area (Å²) in [7, 11) is 1.39. The molecule has 11 nitrogen and oxygen atoms in total. The zero-order chi connectivity index (χ0) is 20.7. The van der Waals surface area contributed by atoms with Gasteiger partial charge in [-0.15, -0.1) is 0 Å². The number of amides is 1. The van der Waals surface area contributed by atoms with Gasteiger partial charge in [-0.25, -0.2) is 24.7 Å². The van der Waals surface area contributed by atoms with Crippen molar-refractivity contribution in [1.29, 1.82) is 0 Å². The van der Waals surface area contributed by atoms with Crippen LogP contribution < -0.4 is 10.6 Å². The van der Waals surface area contributed by atoms with Crippen molar-refractivity contribution >= 4 is 23.5 Å². The third kappa shape index (κ3) is 3.16. The second kappa shape index (κ2) is 7.41. The number of morpholine rings is 1. The van der Waals surface area contributed by atoms with Crippen molar-refractivity contribution < 1.29 is 14.3 Å². The summed E-state index contributed by atoms with van der Waals surface area (Å²) in [5.41, 5.74) is 9.80. The first-order valence-corrected chi connectivity index (χ1v) is 9.78. The maximum absolute atomic E-state index is 12.1. The number of carbonyl (C=O) groups is 1. The molecule has 1 fully saturated rings. The Labute approximate surface area is 172 Å². The number of nitrogens with zero attached hydrogens (tertiary/aromatic N) is 7. The number of methoxy groups -OCH3 is 1. The van der Waals surface area contributed by atoms with E-state index in [9.17, 15) is 4.79 Å². The number of aromatic nitrogens is 5. The lowest BCUT2D eigenvalue weighted by atomic mass is 10.1. The van der Waals surface area contributed by atoms with E-state index in [0.29, 0.717) is 38.4 Å². The van der Waals surface area contributed by atoms with Gasteiger partial charge in [0.25, 0.3) is 0 Å². The lowest BCUT2D eigenvalue weighted by molar-refractivity contribution is 0.117. The molecule has 5 rings (SSSR count). The molecule has 0 aliphatic carbocycles. The van der Waals surface area contributed by atoms with E-state index in [-0.39, 0.29) is 12.0 Å². The van der Waals surface area contributed by atoms with Gasteiger partial charge in [0.1, 0.15) is 0 Å². The van der Waals surface area contributed by atoms with Crippen LogP contribution in [0, 0.1) is 0 Å². The van der Waals surface area contributed by atoms with E-state index in [4.69, 9.17) is 25.2 Å². The lowest BCUT2D eigenvalue weighted by Gasteiger charge is -2.28. The zero-order valence-corrected chi connectivity index (χ0v) is 16.6. The van der Waals surface area contributed by atoms with Crippen molar-refractivity contribution in [3.63, 3.8) is 0 Å². The molecule has 5 heterocycles. The molecule has 0 atom stereocenters. The quantitative estimate of drug-likeness (QED) is 0.651. The van der Waals surface area contributed by atoms with Crippen LogP contribution in [-0.4, -0.2) is 75.3 Å². The van der Waals surface area contributed by atoms with Crippen LogP contribution in [0.5, 0.6) is 0 Å². The fraction of sp³-hybridized carbons (Fsp3) is 0.421. The minimum absolute atomic E-state index is 0.210. The molecule has 2 aliphatic rings. The average molecular weight is 410 g/mol. The number of rotatable bonds is 2. The molecule has 2 N–H and O–H groups in total. The van der Waals surface area contributed by atoms with Crippen molar-refractivity contribution in [3.05, 3.63) is 30.0 Å². The summed E-state index contributed by atoms with van der Waals surface area (Å²) in [4.78, 5) is 33.9. The molecular weight excluding hydrogens is 388 g/mol.